The molecule has 0 aromatic heterocycles. The molecule has 1 fully saturated rings. The minimum Gasteiger partial charge on any atom is -0.482 e. The van der Waals surface area contributed by atoms with Gasteiger partial charge in [-0.2, -0.15) is 0 Å². The number of hydrogen-bond donors (Lipinski definition) is 2. The molecule has 1 amide bonds. The summed E-state index contributed by atoms with van der Waals surface area (Å²) in [7, 11) is 1.72. The molecule has 2 aliphatic rings. The van der Waals surface area contributed by atoms with E-state index in [2.05, 4.69) is 10.6 Å². The number of nitrogens with one attached hydrogen (secondary N) is 2. The second kappa shape index (κ2) is 5.09. The molecular weight excluding hydrogens is 244 g/mol. The highest BCUT2D eigenvalue weighted by molar-refractivity contribution is 5.96. The van der Waals surface area contributed by atoms with E-state index in [0.29, 0.717) is 18.6 Å². The van der Waals surface area contributed by atoms with E-state index in [9.17, 15) is 4.79 Å². The summed E-state index contributed by atoms with van der Waals surface area (Å²) in [5.74, 6) is 1.31. The summed E-state index contributed by atoms with van der Waals surface area (Å²) >= 11 is 0. The number of rotatable bonds is 5. The zero-order chi connectivity index (χ0) is 13.2. The lowest BCUT2D eigenvalue weighted by Gasteiger charge is -2.22. The van der Waals surface area contributed by atoms with Crippen LogP contribution in [0, 0.1) is 5.92 Å². The topological polar surface area (TPSA) is 59.6 Å². The number of carbonyl (C=O) groups excluding carboxylic acids is 1. The van der Waals surface area contributed by atoms with Crippen molar-refractivity contribution in [1.82, 2.24) is 0 Å². The van der Waals surface area contributed by atoms with Crippen LogP contribution in [0.25, 0.3) is 0 Å². The molecule has 1 heterocycles. The molecule has 0 radical (unpaired) electrons. The standard InChI is InChI=1S/C14H18N2O3/c1-18-7-12(9-2-3-9)15-10-4-5-13-11(6-10)16-14(17)8-19-13/h4-6,9,12,15H,2-3,7-8H2,1H3,(H,16,17). The van der Waals surface area contributed by atoms with Crippen molar-refractivity contribution in [2.24, 2.45) is 5.92 Å². The first-order chi connectivity index (χ1) is 9.26. The van der Waals surface area contributed by atoms with Gasteiger partial charge in [0.15, 0.2) is 6.61 Å². The molecule has 2 N–H and O–H groups in total. The van der Waals surface area contributed by atoms with E-state index in [1.807, 2.05) is 18.2 Å². The predicted molar refractivity (Wildman–Crippen MR) is 72.6 cm³/mol. The van der Waals surface area contributed by atoms with Gasteiger partial charge < -0.3 is 20.1 Å². The molecule has 1 aromatic carbocycles. The van der Waals surface area contributed by atoms with Crippen LogP contribution in [0.1, 0.15) is 12.8 Å². The lowest BCUT2D eigenvalue weighted by Crippen LogP contribution is -2.28. The average molecular weight is 262 g/mol. The number of carbonyl (C=O) groups is 1. The molecular formula is C14H18N2O3. The van der Waals surface area contributed by atoms with Crippen molar-refractivity contribution < 1.29 is 14.3 Å². The molecule has 3 rings (SSSR count). The Morgan fingerprint density at radius 3 is 3.11 bits per heavy atom. The fourth-order valence-electron chi connectivity index (χ4n) is 2.36. The summed E-state index contributed by atoms with van der Waals surface area (Å²) in [6.07, 6.45) is 2.51. The fraction of sp³-hybridized carbons (Fsp3) is 0.500. The Kier molecular flexibility index (Phi) is 3.29. The van der Waals surface area contributed by atoms with Crippen molar-refractivity contribution in [3.63, 3.8) is 0 Å². The quantitative estimate of drug-likeness (QED) is 0.850. The molecule has 1 saturated carbocycles. The highest BCUT2D eigenvalue weighted by Crippen LogP contribution is 2.36. The summed E-state index contributed by atoms with van der Waals surface area (Å²) in [5, 5.41) is 6.29. The third-order valence-corrected chi connectivity index (χ3v) is 3.50. The maximum Gasteiger partial charge on any atom is 0.262 e. The van der Waals surface area contributed by atoms with Crippen LogP contribution in [0.15, 0.2) is 18.2 Å². The van der Waals surface area contributed by atoms with Crippen molar-refractivity contribution in [2.45, 2.75) is 18.9 Å². The molecule has 0 bridgehead atoms. The molecule has 5 nitrogen and oxygen atoms in total. The molecule has 1 unspecified atom stereocenters. The van der Waals surface area contributed by atoms with Crippen LogP contribution < -0.4 is 15.4 Å². The van der Waals surface area contributed by atoms with Crippen molar-refractivity contribution in [3.05, 3.63) is 18.2 Å². The first-order valence-corrected chi connectivity index (χ1v) is 6.58. The number of ether oxygens (including phenoxy) is 2. The van der Waals surface area contributed by atoms with Gasteiger partial charge in [0.1, 0.15) is 5.75 Å². The molecule has 1 aromatic rings. The lowest BCUT2D eigenvalue weighted by atomic mass is 10.1. The van der Waals surface area contributed by atoms with E-state index in [0.717, 1.165) is 17.1 Å². The second-order valence-corrected chi connectivity index (χ2v) is 5.09. The van der Waals surface area contributed by atoms with E-state index in [-0.39, 0.29) is 12.5 Å². The number of methoxy groups -OCH3 is 1. The predicted octanol–water partition coefficient (Wildman–Crippen LogP) is 1.85. The van der Waals surface area contributed by atoms with E-state index >= 15 is 0 Å². The van der Waals surface area contributed by atoms with Gasteiger partial charge in [0.2, 0.25) is 0 Å². The Labute approximate surface area is 112 Å². The van der Waals surface area contributed by atoms with Gasteiger partial charge in [-0.1, -0.05) is 0 Å². The van der Waals surface area contributed by atoms with Crippen LogP contribution >= 0.6 is 0 Å². The Balaban J connectivity index is 1.73. The van der Waals surface area contributed by atoms with Crippen molar-refractivity contribution >= 4 is 17.3 Å². The van der Waals surface area contributed by atoms with Gasteiger partial charge in [0.25, 0.3) is 5.91 Å². The zero-order valence-electron chi connectivity index (χ0n) is 10.9. The van der Waals surface area contributed by atoms with Crippen LogP contribution in [-0.4, -0.2) is 32.3 Å². The Morgan fingerprint density at radius 2 is 2.37 bits per heavy atom. The third kappa shape index (κ3) is 2.81. The van der Waals surface area contributed by atoms with Crippen molar-refractivity contribution in [3.8, 4) is 5.75 Å². The second-order valence-electron chi connectivity index (χ2n) is 5.09. The SMILES string of the molecule is COCC(Nc1ccc2c(c1)NC(=O)CO2)C1CC1. The molecule has 1 aliphatic heterocycles. The van der Waals surface area contributed by atoms with Crippen LogP contribution in [0.3, 0.4) is 0 Å². The third-order valence-electron chi connectivity index (χ3n) is 3.50. The molecule has 5 heteroatoms. The van der Waals surface area contributed by atoms with Crippen LogP contribution in [0.4, 0.5) is 11.4 Å². The highest BCUT2D eigenvalue weighted by atomic mass is 16.5. The Hall–Kier alpha value is -1.75. The molecule has 102 valence electrons. The summed E-state index contributed by atoms with van der Waals surface area (Å²) in [4.78, 5) is 11.3. The Morgan fingerprint density at radius 1 is 1.53 bits per heavy atom. The van der Waals surface area contributed by atoms with Crippen molar-refractivity contribution in [1.29, 1.82) is 0 Å². The van der Waals surface area contributed by atoms with E-state index in [1.165, 1.54) is 12.8 Å². The van der Waals surface area contributed by atoms with Crippen molar-refractivity contribution in [2.75, 3.05) is 31.0 Å². The molecule has 19 heavy (non-hydrogen) atoms. The van der Waals surface area contributed by atoms with Gasteiger partial charge in [-0.15, -0.1) is 0 Å². The maximum atomic E-state index is 11.3. The number of hydrogen-bond acceptors (Lipinski definition) is 4. The number of benzene rings is 1. The molecule has 1 atom stereocenters. The number of amides is 1. The summed E-state index contributed by atoms with van der Waals surface area (Å²) < 4.78 is 10.6. The zero-order valence-corrected chi connectivity index (χ0v) is 10.9. The van der Waals surface area contributed by atoms with E-state index in [1.54, 1.807) is 7.11 Å². The monoisotopic (exact) mass is 262 g/mol. The van der Waals surface area contributed by atoms with E-state index < -0.39 is 0 Å². The highest BCUT2D eigenvalue weighted by Gasteiger charge is 2.31. The smallest absolute Gasteiger partial charge is 0.262 e. The lowest BCUT2D eigenvalue weighted by molar-refractivity contribution is -0.118. The van der Waals surface area contributed by atoms with Crippen LogP contribution in [0.2, 0.25) is 0 Å². The van der Waals surface area contributed by atoms with Gasteiger partial charge in [-0.25, -0.2) is 0 Å². The van der Waals surface area contributed by atoms with Gasteiger partial charge in [-0.05, 0) is 37.0 Å². The van der Waals surface area contributed by atoms with Gasteiger partial charge in [0.05, 0.1) is 18.3 Å². The fourth-order valence-corrected chi connectivity index (χ4v) is 2.36. The maximum absolute atomic E-state index is 11.3. The molecule has 0 saturated heterocycles. The van der Waals surface area contributed by atoms with Crippen LogP contribution in [-0.2, 0) is 9.53 Å². The largest absolute Gasteiger partial charge is 0.482 e. The summed E-state index contributed by atoms with van der Waals surface area (Å²) in [6.45, 7) is 0.790. The first-order valence-electron chi connectivity index (χ1n) is 6.58. The number of fused-ring (bicyclic) bond motifs is 1. The van der Waals surface area contributed by atoms with Gasteiger partial charge in [0, 0.05) is 12.8 Å². The summed E-state index contributed by atoms with van der Waals surface area (Å²) in [5.41, 5.74) is 1.71. The molecule has 1 aliphatic carbocycles. The average Bonchev–Trinajstić information content (AvgIpc) is 3.22. The minimum atomic E-state index is -0.111. The number of anilines is 2. The van der Waals surface area contributed by atoms with E-state index in [4.69, 9.17) is 9.47 Å². The normalized spacial score (nSPS) is 19.1. The molecule has 0 spiro atoms. The van der Waals surface area contributed by atoms with Crippen LogP contribution in [0.5, 0.6) is 5.75 Å². The Bertz CT molecular complexity index is 486. The van der Waals surface area contributed by atoms with Gasteiger partial charge >= 0.3 is 0 Å². The summed E-state index contributed by atoms with van der Waals surface area (Å²) in [6, 6.07) is 6.11. The minimum absolute atomic E-state index is 0.0914. The van der Waals surface area contributed by atoms with Gasteiger partial charge in [-0.3, -0.25) is 4.79 Å². The first kappa shape index (κ1) is 12.3.